The average Bonchev–Trinajstić information content (AvgIpc) is 2.95. The van der Waals surface area contributed by atoms with Crippen LogP contribution in [-0.2, 0) is 29.0 Å². The minimum Gasteiger partial charge on any atom is -0.482 e. The Morgan fingerprint density at radius 3 is 2.58 bits per heavy atom. The van der Waals surface area contributed by atoms with Crippen LogP contribution in [0.4, 0.5) is 0 Å². The number of rotatable bonds is 4. The summed E-state index contributed by atoms with van der Waals surface area (Å²) in [4.78, 5) is 30.7. The van der Waals surface area contributed by atoms with Crippen molar-refractivity contribution in [2.45, 2.75) is 64.3 Å². The van der Waals surface area contributed by atoms with Gasteiger partial charge in [-0.3, -0.25) is 9.59 Å². The van der Waals surface area contributed by atoms with Crippen LogP contribution in [0.2, 0.25) is 0 Å². The lowest BCUT2D eigenvalue weighted by Crippen LogP contribution is -2.54. The zero-order valence-electron chi connectivity index (χ0n) is 21.9. The Hall–Kier alpha value is -3.86. The van der Waals surface area contributed by atoms with Gasteiger partial charge in [-0.25, -0.2) is 0 Å². The molecule has 2 amide bonds. The SMILES string of the molecule is Cc1cccc(CN2C(=O)/C(=C\c3ccc(C(=O)N4CCc5ccccc5C4)cc3)OC3CCCCC32)c1. The van der Waals surface area contributed by atoms with E-state index in [9.17, 15) is 9.59 Å². The molecule has 6 rings (SSSR count). The molecular formula is C33H34N2O3. The van der Waals surface area contributed by atoms with Crippen LogP contribution >= 0.6 is 0 Å². The van der Waals surface area contributed by atoms with Crippen molar-refractivity contribution < 1.29 is 14.3 Å². The molecule has 194 valence electrons. The standard InChI is InChI=1S/C33H34N2O3/c1-23-7-6-8-25(19-23)21-35-29-11-4-5-12-30(29)38-31(33(35)37)20-24-13-15-27(16-14-24)32(36)34-18-17-26-9-2-3-10-28(26)22-34/h2-3,6-10,13-16,19-20,29-30H,4-5,11-12,17-18,21-22H2,1H3/b31-20+. The molecule has 2 aliphatic heterocycles. The molecule has 5 nitrogen and oxygen atoms in total. The molecular weight excluding hydrogens is 472 g/mol. The minimum atomic E-state index is -0.0539. The first-order valence-electron chi connectivity index (χ1n) is 13.8. The van der Waals surface area contributed by atoms with Gasteiger partial charge in [-0.2, -0.15) is 0 Å². The van der Waals surface area contributed by atoms with E-state index >= 15 is 0 Å². The van der Waals surface area contributed by atoms with Crippen molar-refractivity contribution >= 4 is 17.9 Å². The maximum absolute atomic E-state index is 13.6. The van der Waals surface area contributed by atoms with Gasteiger partial charge in [-0.1, -0.05) is 72.6 Å². The number of amides is 2. The zero-order valence-corrected chi connectivity index (χ0v) is 21.9. The van der Waals surface area contributed by atoms with Crippen LogP contribution in [0.3, 0.4) is 0 Å². The van der Waals surface area contributed by atoms with Crippen molar-refractivity contribution in [3.8, 4) is 0 Å². The van der Waals surface area contributed by atoms with Gasteiger partial charge in [0.15, 0.2) is 5.76 Å². The Balaban J connectivity index is 1.20. The Bertz CT molecular complexity index is 1380. The highest BCUT2D eigenvalue weighted by Crippen LogP contribution is 2.34. The molecule has 38 heavy (non-hydrogen) atoms. The molecule has 3 aliphatic rings. The lowest BCUT2D eigenvalue weighted by Gasteiger charge is -2.44. The van der Waals surface area contributed by atoms with Crippen molar-refractivity contribution in [3.05, 3.63) is 112 Å². The van der Waals surface area contributed by atoms with E-state index in [0.29, 0.717) is 24.4 Å². The molecule has 2 heterocycles. The first kappa shape index (κ1) is 24.5. The first-order valence-corrected chi connectivity index (χ1v) is 13.8. The molecule has 2 unspecified atom stereocenters. The number of carbonyl (C=O) groups excluding carboxylic acids is 2. The van der Waals surface area contributed by atoms with Crippen LogP contribution in [0, 0.1) is 6.92 Å². The minimum absolute atomic E-state index is 0.0281. The van der Waals surface area contributed by atoms with E-state index in [4.69, 9.17) is 4.74 Å². The largest absolute Gasteiger partial charge is 0.482 e. The zero-order chi connectivity index (χ0) is 26.1. The number of carbonyl (C=O) groups is 2. The van der Waals surface area contributed by atoms with Crippen molar-refractivity contribution in [1.29, 1.82) is 0 Å². The molecule has 3 aromatic carbocycles. The number of aryl methyl sites for hydroxylation is 1. The third-order valence-corrected chi connectivity index (χ3v) is 8.13. The van der Waals surface area contributed by atoms with Gasteiger partial charge in [0.25, 0.3) is 11.8 Å². The molecule has 1 aliphatic carbocycles. The van der Waals surface area contributed by atoms with Crippen LogP contribution < -0.4 is 0 Å². The third-order valence-electron chi connectivity index (χ3n) is 8.13. The van der Waals surface area contributed by atoms with Gasteiger partial charge in [0.05, 0.1) is 6.04 Å². The van der Waals surface area contributed by atoms with Gasteiger partial charge in [0.2, 0.25) is 0 Å². The summed E-state index contributed by atoms with van der Waals surface area (Å²) in [5.74, 6) is 0.382. The second-order valence-corrected chi connectivity index (χ2v) is 10.8. The van der Waals surface area contributed by atoms with Gasteiger partial charge in [0, 0.05) is 25.2 Å². The number of nitrogens with zero attached hydrogens (tertiary/aromatic N) is 2. The van der Waals surface area contributed by atoms with E-state index in [2.05, 4.69) is 49.4 Å². The molecule has 0 N–H and O–H groups in total. The highest BCUT2D eigenvalue weighted by molar-refractivity contribution is 5.97. The highest BCUT2D eigenvalue weighted by Gasteiger charge is 2.41. The Morgan fingerprint density at radius 1 is 0.974 bits per heavy atom. The number of fused-ring (bicyclic) bond motifs is 2. The van der Waals surface area contributed by atoms with Crippen molar-refractivity contribution in [3.63, 3.8) is 0 Å². The fraction of sp³-hybridized carbons (Fsp3) is 0.333. The monoisotopic (exact) mass is 506 g/mol. The van der Waals surface area contributed by atoms with Crippen molar-refractivity contribution in [2.24, 2.45) is 0 Å². The second kappa shape index (κ2) is 10.5. The molecule has 1 saturated carbocycles. The van der Waals surface area contributed by atoms with E-state index in [1.54, 1.807) is 0 Å². The third kappa shape index (κ3) is 4.98. The van der Waals surface area contributed by atoms with Crippen molar-refractivity contribution in [2.75, 3.05) is 6.54 Å². The van der Waals surface area contributed by atoms with E-state index in [0.717, 1.165) is 49.8 Å². The normalized spacial score (nSPS) is 22.0. The summed E-state index contributed by atoms with van der Waals surface area (Å²) in [6.07, 6.45) is 6.94. The average molecular weight is 507 g/mol. The molecule has 3 aromatic rings. The molecule has 2 atom stereocenters. The summed E-state index contributed by atoms with van der Waals surface area (Å²) < 4.78 is 6.30. The number of hydrogen-bond donors (Lipinski definition) is 0. The summed E-state index contributed by atoms with van der Waals surface area (Å²) in [5.41, 5.74) is 6.41. The van der Waals surface area contributed by atoms with Crippen molar-refractivity contribution in [1.82, 2.24) is 9.80 Å². The summed E-state index contributed by atoms with van der Waals surface area (Å²) in [7, 11) is 0. The van der Waals surface area contributed by atoms with Crippen LogP contribution in [-0.4, -0.2) is 40.3 Å². The topological polar surface area (TPSA) is 49.9 Å². The molecule has 0 spiro atoms. The second-order valence-electron chi connectivity index (χ2n) is 10.8. The lowest BCUT2D eigenvalue weighted by molar-refractivity contribution is -0.149. The van der Waals surface area contributed by atoms with Gasteiger partial charge in [-0.05, 0) is 73.1 Å². The predicted octanol–water partition coefficient (Wildman–Crippen LogP) is 5.90. The quantitative estimate of drug-likeness (QED) is 0.414. The van der Waals surface area contributed by atoms with Crippen LogP contribution in [0.25, 0.3) is 6.08 Å². The van der Waals surface area contributed by atoms with Gasteiger partial charge < -0.3 is 14.5 Å². The highest BCUT2D eigenvalue weighted by atomic mass is 16.5. The molecule has 5 heteroatoms. The van der Waals surface area contributed by atoms with E-state index in [1.165, 1.54) is 16.7 Å². The summed E-state index contributed by atoms with van der Waals surface area (Å²) in [6, 6.07) is 24.4. The molecule has 0 aromatic heterocycles. The molecule has 2 fully saturated rings. The molecule has 0 radical (unpaired) electrons. The number of benzene rings is 3. The van der Waals surface area contributed by atoms with E-state index in [1.807, 2.05) is 46.2 Å². The first-order chi connectivity index (χ1) is 18.5. The van der Waals surface area contributed by atoms with E-state index in [-0.39, 0.29) is 24.0 Å². The molecule has 1 saturated heterocycles. The van der Waals surface area contributed by atoms with Gasteiger partial charge in [0.1, 0.15) is 6.10 Å². The Labute approximate surface area is 224 Å². The van der Waals surface area contributed by atoms with E-state index < -0.39 is 0 Å². The van der Waals surface area contributed by atoms with Gasteiger partial charge >= 0.3 is 0 Å². The van der Waals surface area contributed by atoms with Crippen LogP contribution in [0.5, 0.6) is 0 Å². The fourth-order valence-corrected chi connectivity index (χ4v) is 6.09. The summed E-state index contributed by atoms with van der Waals surface area (Å²) >= 11 is 0. The number of ether oxygens (including phenoxy) is 1. The predicted molar refractivity (Wildman–Crippen MR) is 148 cm³/mol. The fourth-order valence-electron chi connectivity index (χ4n) is 6.09. The number of hydrogen-bond acceptors (Lipinski definition) is 3. The maximum atomic E-state index is 13.6. The lowest BCUT2D eigenvalue weighted by atomic mass is 9.89. The van der Waals surface area contributed by atoms with Crippen LogP contribution in [0.1, 0.15) is 63.9 Å². The summed E-state index contributed by atoms with van der Waals surface area (Å²) in [6.45, 7) is 4.04. The molecule has 0 bridgehead atoms. The Morgan fingerprint density at radius 2 is 1.76 bits per heavy atom. The summed E-state index contributed by atoms with van der Waals surface area (Å²) in [5, 5.41) is 0. The Kier molecular flexibility index (Phi) is 6.75. The van der Waals surface area contributed by atoms with Gasteiger partial charge in [-0.15, -0.1) is 0 Å². The number of morpholine rings is 1. The smallest absolute Gasteiger partial charge is 0.289 e. The maximum Gasteiger partial charge on any atom is 0.289 e. The van der Waals surface area contributed by atoms with Crippen LogP contribution in [0.15, 0.2) is 78.6 Å².